The number of nitrogens with zero attached hydrogens (tertiary/aromatic N) is 1. The third-order valence-corrected chi connectivity index (χ3v) is 2.46. The summed E-state index contributed by atoms with van der Waals surface area (Å²) in [4.78, 5) is 13.4. The van der Waals surface area contributed by atoms with E-state index in [1.165, 1.54) is 0 Å². The summed E-state index contributed by atoms with van der Waals surface area (Å²) in [6, 6.07) is 0. The Morgan fingerprint density at radius 2 is 2.31 bits per heavy atom. The normalized spacial score (nSPS) is 27.5. The molecule has 2 heterocycles. The van der Waals surface area contributed by atoms with Gasteiger partial charge in [0.25, 0.3) is 0 Å². The van der Waals surface area contributed by atoms with Crippen molar-refractivity contribution in [2.75, 3.05) is 6.54 Å². The van der Waals surface area contributed by atoms with Gasteiger partial charge in [-0.05, 0) is 31.2 Å². The highest BCUT2D eigenvalue weighted by Gasteiger charge is 2.23. The molecule has 1 amide bonds. The molecule has 0 saturated carbocycles. The van der Waals surface area contributed by atoms with Crippen LogP contribution in [-0.4, -0.2) is 23.5 Å². The number of hydrogen-bond acceptors (Lipinski definition) is 2. The van der Waals surface area contributed by atoms with E-state index < -0.39 is 0 Å². The Balaban J connectivity index is 2.02. The van der Waals surface area contributed by atoms with Crippen molar-refractivity contribution in [2.45, 2.75) is 25.4 Å². The van der Waals surface area contributed by atoms with Crippen molar-refractivity contribution in [2.24, 2.45) is 0 Å². The van der Waals surface area contributed by atoms with Gasteiger partial charge in [0, 0.05) is 13.0 Å². The fourth-order valence-electron chi connectivity index (χ4n) is 1.75. The van der Waals surface area contributed by atoms with E-state index in [0.29, 0.717) is 6.42 Å². The summed E-state index contributed by atoms with van der Waals surface area (Å²) in [5.41, 5.74) is 0. The Morgan fingerprint density at radius 3 is 3.00 bits per heavy atom. The number of allylic oxidation sites excluding steroid dienone is 2. The lowest BCUT2D eigenvalue weighted by Gasteiger charge is -2.33. The molecule has 70 valence electrons. The highest BCUT2D eigenvalue weighted by atomic mass is 16.2. The van der Waals surface area contributed by atoms with Crippen molar-refractivity contribution < 1.29 is 4.79 Å². The molecule has 0 aromatic rings. The maximum absolute atomic E-state index is 11.5. The second-order valence-corrected chi connectivity index (χ2v) is 3.40. The lowest BCUT2D eigenvalue weighted by atomic mass is 10.1. The molecule has 2 aliphatic rings. The Morgan fingerprint density at radius 1 is 1.38 bits per heavy atom. The Hall–Kier alpha value is -1.25. The van der Waals surface area contributed by atoms with Gasteiger partial charge in [-0.15, -0.1) is 0 Å². The molecular weight excluding hydrogens is 164 g/mol. The molecule has 0 radical (unpaired) electrons. The predicted octanol–water partition coefficient (Wildman–Crippen LogP) is 0.998. The molecule has 1 saturated heterocycles. The summed E-state index contributed by atoms with van der Waals surface area (Å²) in [6.45, 7) is 0.884. The second kappa shape index (κ2) is 3.64. The summed E-state index contributed by atoms with van der Waals surface area (Å²) in [5, 5.41) is 3.16. The van der Waals surface area contributed by atoms with E-state index in [0.717, 1.165) is 19.4 Å². The van der Waals surface area contributed by atoms with Gasteiger partial charge in [0.05, 0.1) is 0 Å². The second-order valence-electron chi connectivity index (χ2n) is 3.40. The van der Waals surface area contributed by atoms with Crippen LogP contribution in [0.5, 0.6) is 0 Å². The average molecular weight is 178 g/mol. The van der Waals surface area contributed by atoms with Gasteiger partial charge in [-0.25, -0.2) is 0 Å². The minimum atomic E-state index is 0.0813. The van der Waals surface area contributed by atoms with Crippen LogP contribution in [0.2, 0.25) is 0 Å². The maximum atomic E-state index is 11.5. The van der Waals surface area contributed by atoms with Crippen molar-refractivity contribution in [3.63, 3.8) is 0 Å². The number of carbonyl (C=O) groups excluding carboxylic acids is 1. The summed E-state index contributed by atoms with van der Waals surface area (Å²) >= 11 is 0. The number of hydrogen-bond donors (Lipinski definition) is 1. The van der Waals surface area contributed by atoms with Crippen LogP contribution in [0.3, 0.4) is 0 Å². The van der Waals surface area contributed by atoms with Crippen molar-refractivity contribution in [3.05, 3.63) is 24.4 Å². The van der Waals surface area contributed by atoms with E-state index in [-0.39, 0.29) is 12.1 Å². The lowest BCUT2D eigenvalue weighted by Crippen LogP contribution is -2.48. The number of piperidine rings is 1. The molecule has 13 heavy (non-hydrogen) atoms. The van der Waals surface area contributed by atoms with Crippen LogP contribution in [0.25, 0.3) is 0 Å². The molecule has 0 aromatic heterocycles. The van der Waals surface area contributed by atoms with Crippen molar-refractivity contribution in [1.82, 2.24) is 10.2 Å². The molecule has 1 atom stereocenters. The third kappa shape index (κ3) is 1.74. The maximum Gasteiger partial charge on any atom is 0.224 e. The van der Waals surface area contributed by atoms with Crippen LogP contribution in [0.1, 0.15) is 19.3 Å². The molecule has 3 nitrogen and oxygen atoms in total. The van der Waals surface area contributed by atoms with Crippen molar-refractivity contribution in [1.29, 1.82) is 0 Å². The van der Waals surface area contributed by atoms with Crippen LogP contribution in [-0.2, 0) is 4.79 Å². The minimum Gasteiger partial charge on any atom is -0.368 e. The van der Waals surface area contributed by atoms with Gasteiger partial charge in [0.2, 0.25) is 5.91 Å². The molecule has 1 fully saturated rings. The lowest BCUT2D eigenvalue weighted by molar-refractivity contribution is -0.135. The molecule has 1 unspecified atom stereocenters. The van der Waals surface area contributed by atoms with Crippen LogP contribution in [0.15, 0.2) is 24.4 Å². The fraction of sp³-hybridized carbons (Fsp3) is 0.500. The number of nitrogens with one attached hydrogen (secondary N) is 1. The first-order valence-electron chi connectivity index (χ1n) is 4.77. The zero-order chi connectivity index (χ0) is 9.10. The first-order chi connectivity index (χ1) is 6.38. The third-order valence-electron chi connectivity index (χ3n) is 2.46. The topological polar surface area (TPSA) is 32.3 Å². The predicted molar refractivity (Wildman–Crippen MR) is 50.8 cm³/mol. The molecule has 0 spiro atoms. The number of likely N-dealkylation sites (tertiary alicyclic amines) is 1. The Bertz CT molecular complexity index is 258. The summed E-state index contributed by atoms with van der Waals surface area (Å²) < 4.78 is 0. The van der Waals surface area contributed by atoms with E-state index in [1.54, 1.807) is 0 Å². The highest BCUT2D eigenvalue weighted by molar-refractivity contribution is 5.77. The smallest absolute Gasteiger partial charge is 0.224 e. The van der Waals surface area contributed by atoms with E-state index in [2.05, 4.69) is 5.32 Å². The quantitative estimate of drug-likeness (QED) is 0.649. The molecule has 3 heteroatoms. The van der Waals surface area contributed by atoms with E-state index in [9.17, 15) is 4.79 Å². The summed E-state index contributed by atoms with van der Waals surface area (Å²) in [6.07, 6.45) is 10.8. The van der Waals surface area contributed by atoms with Gasteiger partial charge in [-0.2, -0.15) is 0 Å². The van der Waals surface area contributed by atoms with Crippen LogP contribution in [0, 0.1) is 0 Å². The molecule has 1 N–H and O–H groups in total. The Labute approximate surface area is 78.1 Å². The molecule has 0 bridgehead atoms. The van der Waals surface area contributed by atoms with E-state index >= 15 is 0 Å². The molecule has 0 aromatic carbocycles. The van der Waals surface area contributed by atoms with Gasteiger partial charge in [0.1, 0.15) is 6.17 Å². The zero-order valence-electron chi connectivity index (χ0n) is 7.57. The zero-order valence-corrected chi connectivity index (χ0v) is 7.57. The average Bonchev–Trinajstić information content (AvgIpc) is 2.20. The number of dihydropyridines is 1. The molecule has 2 aliphatic heterocycles. The largest absolute Gasteiger partial charge is 0.368 e. The molecule has 2 rings (SSSR count). The highest BCUT2D eigenvalue weighted by Crippen LogP contribution is 2.14. The monoisotopic (exact) mass is 178 g/mol. The van der Waals surface area contributed by atoms with Crippen LogP contribution >= 0.6 is 0 Å². The van der Waals surface area contributed by atoms with Gasteiger partial charge in [-0.3, -0.25) is 4.79 Å². The minimum absolute atomic E-state index is 0.0813. The van der Waals surface area contributed by atoms with Crippen molar-refractivity contribution in [3.8, 4) is 0 Å². The number of amides is 1. The molecular formula is C10H14N2O. The van der Waals surface area contributed by atoms with Gasteiger partial charge in [-0.1, -0.05) is 6.08 Å². The SMILES string of the molecule is O=C1CCCCN1C1C=CC=CN1. The standard InChI is InChI=1S/C10H14N2O/c13-10-6-2-4-8-12(10)9-5-1-3-7-11-9/h1,3,5,7,9,11H,2,4,6,8H2. The first kappa shape index (κ1) is 8.35. The van der Waals surface area contributed by atoms with E-state index in [4.69, 9.17) is 0 Å². The van der Waals surface area contributed by atoms with E-state index in [1.807, 2.05) is 29.3 Å². The fourth-order valence-corrected chi connectivity index (χ4v) is 1.75. The molecule has 0 aliphatic carbocycles. The summed E-state index contributed by atoms with van der Waals surface area (Å²) in [5.74, 6) is 0.267. The van der Waals surface area contributed by atoms with Crippen molar-refractivity contribution >= 4 is 5.91 Å². The summed E-state index contributed by atoms with van der Waals surface area (Å²) in [7, 11) is 0. The number of carbonyl (C=O) groups is 1. The van der Waals surface area contributed by atoms with Gasteiger partial charge in [0.15, 0.2) is 0 Å². The number of rotatable bonds is 1. The van der Waals surface area contributed by atoms with Crippen LogP contribution < -0.4 is 5.32 Å². The first-order valence-corrected chi connectivity index (χ1v) is 4.77. The van der Waals surface area contributed by atoms with Gasteiger partial charge >= 0.3 is 0 Å². The Kier molecular flexibility index (Phi) is 2.34. The van der Waals surface area contributed by atoms with Gasteiger partial charge < -0.3 is 10.2 Å². The van der Waals surface area contributed by atoms with Crippen LogP contribution in [0.4, 0.5) is 0 Å².